The van der Waals surface area contributed by atoms with Gasteiger partial charge in [0, 0.05) is 18.1 Å². The molecule has 2 saturated heterocycles. The largest absolute Gasteiger partial charge is 0.312 e. The summed E-state index contributed by atoms with van der Waals surface area (Å²) in [4.78, 5) is 0. The highest BCUT2D eigenvalue weighted by Crippen LogP contribution is 2.40. The van der Waals surface area contributed by atoms with Crippen LogP contribution in [0.4, 0.5) is 0 Å². The van der Waals surface area contributed by atoms with Crippen LogP contribution in [0.25, 0.3) is 0 Å². The minimum atomic E-state index is 0.778. The zero-order chi connectivity index (χ0) is 13.4. The molecule has 0 aromatic heterocycles. The SMILES string of the molecule is C1CCC2NC(C3NCCC4CCCCC43)CCC2C1. The number of nitrogens with one attached hydrogen (secondary N) is 2. The van der Waals surface area contributed by atoms with Crippen LogP contribution in [-0.2, 0) is 0 Å². The fourth-order valence-corrected chi connectivity index (χ4v) is 5.90. The van der Waals surface area contributed by atoms with Crippen molar-refractivity contribution in [3.8, 4) is 0 Å². The minimum absolute atomic E-state index is 0.778. The molecule has 20 heavy (non-hydrogen) atoms. The normalized spacial score (nSPS) is 49.2. The van der Waals surface area contributed by atoms with Gasteiger partial charge in [0.15, 0.2) is 0 Å². The number of rotatable bonds is 1. The number of hydrogen-bond acceptors (Lipinski definition) is 2. The van der Waals surface area contributed by atoms with E-state index in [0.717, 1.165) is 35.9 Å². The first-order chi connectivity index (χ1) is 9.92. The molecule has 4 rings (SSSR count). The van der Waals surface area contributed by atoms with E-state index in [1.165, 1.54) is 77.2 Å². The van der Waals surface area contributed by atoms with Gasteiger partial charge in [-0.25, -0.2) is 0 Å². The van der Waals surface area contributed by atoms with E-state index in [1.807, 2.05) is 0 Å². The zero-order valence-electron chi connectivity index (χ0n) is 12.9. The van der Waals surface area contributed by atoms with Crippen molar-refractivity contribution < 1.29 is 0 Å². The van der Waals surface area contributed by atoms with Gasteiger partial charge in [-0.2, -0.15) is 0 Å². The van der Waals surface area contributed by atoms with Crippen LogP contribution in [0.5, 0.6) is 0 Å². The Morgan fingerprint density at radius 1 is 0.600 bits per heavy atom. The van der Waals surface area contributed by atoms with Crippen molar-refractivity contribution in [1.82, 2.24) is 10.6 Å². The average molecular weight is 276 g/mol. The Balaban J connectivity index is 1.43. The fourth-order valence-electron chi connectivity index (χ4n) is 5.90. The molecule has 0 aromatic carbocycles. The zero-order valence-corrected chi connectivity index (χ0v) is 12.9. The lowest BCUT2D eigenvalue weighted by molar-refractivity contribution is 0.0756. The predicted octanol–water partition coefficient (Wildman–Crippen LogP) is 3.47. The standard InChI is InChI=1S/C18H32N2/c1-3-7-15-13(5-1)11-12-19-18(15)17-10-9-14-6-2-4-8-16(14)20-17/h13-20H,1-12H2. The molecular formula is C18H32N2. The van der Waals surface area contributed by atoms with Crippen molar-refractivity contribution in [2.45, 2.75) is 88.8 Å². The van der Waals surface area contributed by atoms with Crippen LogP contribution in [0.15, 0.2) is 0 Å². The summed E-state index contributed by atoms with van der Waals surface area (Å²) in [7, 11) is 0. The summed E-state index contributed by atoms with van der Waals surface area (Å²) < 4.78 is 0. The second-order valence-electron chi connectivity index (χ2n) is 7.98. The fraction of sp³-hybridized carbons (Fsp3) is 1.00. The highest BCUT2D eigenvalue weighted by Gasteiger charge is 2.41. The predicted molar refractivity (Wildman–Crippen MR) is 83.8 cm³/mol. The van der Waals surface area contributed by atoms with Crippen molar-refractivity contribution in [2.75, 3.05) is 6.54 Å². The van der Waals surface area contributed by atoms with Gasteiger partial charge in [0.1, 0.15) is 0 Å². The molecule has 0 bridgehead atoms. The second kappa shape index (κ2) is 5.96. The quantitative estimate of drug-likeness (QED) is 0.766. The first kappa shape index (κ1) is 13.6. The molecule has 2 saturated carbocycles. The van der Waals surface area contributed by atoms with Gasteiger partial charge in [-0.1, -0.05) is 32.1 Å². The number of hydrogen-bond donors (Lipinski definition) is 2. The lowest BCUT2D eigenvalue weighted by Crippen LogP contribution is -2.62. The monoisotopic (exact) mass is 276 g/mol. The second-order valence-corrected chi connectivity index (χ2v) is 7.98. The molecule has 0 spiro atoms. The van der Waals surface area contributed by atoms with Crippen LogP contribution >= 0.6 is 0 Å². The molecule has 0 aromatic rings. The van der Waals surface area contributed by atoms with E-state index in [1.54, 1.807) is 0 Å². The highest BCUT2D eigenvalue weighted by atomic mass is 15.1. The maximum Gasteiger partial charge on any atom is 0.0252 e. The molecule has 4 fully saturated rings. The smallest absolute Gasteiger partial charge is 0.0252 e. The molecule has 0 radical (unpaired) electrons. The van der Waals surface area contributed by atoms with Gasteiger partial charge >= 0.3 is 0 Å². The minimum Gasteiger partial charge on any atom is -0.312 e. The third kappa shape index (κ3) is 2.54. The Labute approximate surface area is 124 Å². The molecule has 4 aliphatic rings. The first-order valence-corrected chi connectivity index (χ1v) is 9.41. The van der Waals surface area contributed by atoms with Gasteiger partial charge in [0.05, 0.1) is 0 Å². The number of fused-ring (bicyclic) bond motifs is 2. The van der Waals surface area contributed by atoms with E-state index in [0.29, 0.717) is 0 Å². The van der Waals surface area contributed by atoms with E-state index >= 15 is 0 Å². The maximum absolute atomic E-state index is 4.10. The van der Waals surface area contributed by atoms with Gasteiger partial charge in [-0.05, 0) is 62.8 Å². The molecule has 2 N–H and O–H groups in total. The van der Waals surface area contributed by atoms with Gasteiger partial charge in [-0.3, -0.25) is 0 Å². The van der Waals surface area contributed by atoms with E-state index in [4.69, 9.17) is 0 Å². The average Bonchev–Trinajstić information content (AvgIpc) is 2.54. The van der Waals surface area contributed by atoms with Crippen molar-refractivity contribution >= 4 is 0 Å². The topological polar surface area (TPSA) is 24.1 Å². The Morgan fingerprint density at radius 2 is 1.40 bits per heavy atom. The Bertz CT molecular complexity index is 327. The van der Waals surface area contributed by atoms with E-state index in [9.17, 15) is 0 Å². The van der Waals surface area contributed by atoms with Gasteiger partial charge < -0.3 is 10.6 Å². The summed E-state index contributed by atoms with van der Waals surface area (Å²) in [5.41, 5.74) is 0. The number of piperidine rings is 2. The highest BCUT2D eigenvalue weighted by molar-refractivity contribution is 5.00. The van der Waals surface area contributed by atoms with Crippen LogP contribution in [0, 0.1) is 17.8 Å². The van der Waals surface area contributed by atoms with Crippen molar-refractivity contribution in [3.05, 3.63) is 0 Å². The Hall–Kier alpha value is -0.0800. The molecule has 2 heteroatoms. The Morgan fingerprint density at radius 3 is 2.35 bits per heavy atom. The third-order valence-electron chi connectivity index (χ3n) is 6.94. The molecule has 0 amide bonds. The van der Waals surface area contributed by atoms with E-state index in [-0.39, 0.29) is 0 Å². The lowest BCUT2D eigenvalue weighted by Gasteiger charge is -2.49. The van der Waals surface area contributed by atoms with Crippen molar-refractivity contribution in [2.24, 2.45) is 17.8 Å². The molecule has 2 aliphatic carbocycles. The van der Waals surface area contributed by atoms with Crippen LogP contribution in [0.2, 0.25) is 0 Å². The van der Waals surface area contributed by atoms with Crippen LogP contribution in [-0.4, -0.2) is 24.7 Å². The van der Waals surface area contributed by atoms with Gasteiger partial charge in [-0.15, -0.1) is 0 Å². The molecular weight excluding hydrogens is 244 g/mol. The molecule has 2 nitrogen and oxygen atoms in total. The Kier molecular flexibility index (Phi) is 4.05. The van der Waals surface area contributed by atoms with Crippen molar-refractivity contribution in [1.29, 1.82) is 0 Å². The molecule has 6 atom stereocenters. The van der Waals surface area contributed by atoms with Crippen LogP contribution in [0.1, 0.15) is 70.6 Å². The summed E-state index contributed by atoms with van der Waals surface area (Å²) in [5.74, 6) is 3.03. The van der Waals surface area contributed by atoms with Crippen LogP contribution in [0.3, 0.4) is 0 Å². The molecule has 2 heterocycles. The molecule has 114 valence electrons. The van der Waals surface area contributed by atoms with Gasteiger partial charge in [0.25, 0.3) is 0 Å². The summed E-state index contributed by atoms with van der Waals surface area (Å²) in [6, 6.07) is 2.42. The van der Waals surface area contributed by atoms with E-state index in [2.05, 4.69) is 10.6 Å². The van der Waals surface area contributed by atoms with E-state index < -0.39 is 0 Å². The van der Waals surface area contributed by atoms with Gasteiger partial charge in [0.2, 0.25) is 0 Å². The first-order valence-electron chi connectivity index (χ1n) is 9.41. The summed E-state index contributed by atoms with van der Waals surface area (Å²) in [5, 5.41) is 8.02. The van der Waals surface area contributed by atoms with Crippen molar-refractivity contribution in [3.63, 3.8) is 0 Å². The third-order valence-corrected chi connectivity index (χ3v) is 6.94. The summed E-state index contributed by atoms with van der Waals surface area (Å²) >= 11 is 0. The summed E-state index contributed by atoms with van der Waals surface area (Å²) in [6.07, 6.45) is 16.3. The molecule has 6 unspecified atom stereocenters. The summed E-state index contributed by atoms with van der Waals surface area (Å²) in [6.45, 7) is 1.28. The maximum atomic E-state index is 4.10. The molecule has 2 aliphatic heterocycles. The van der Waals surface area contributed by atoms with Crippen LogP contribution < -0.4 is 10.6 Å². The lowest BCUT2D eigenvalue weighted by atomic mass is 9.67.